The molecule has 0 bridgehead atoms. The Morgan fingerprint density at radius 3 is 2.67 bits per heavy atom. The van der Waals surface area contributed by atoms with Gasteiger partial charge in [0.25, 0.3) is 11.2 Å². The number of esters is 1. The maximum Gasteiger partial charge on any atom is 0.338 e. The van der Waals surface area contributed by atoms with Crippen molar-refractivity contribution in [3.8, 4) is 11.5 Å². The molecule has 1 aliphatic rings. The lowest BCUT2D eigenvalue weighted by atomic mass is 9.95. The van der Waals surface area contributed by atoms with Crippen molar-refractivity contribution < 1.29 is 28.7 Å². The van der Waals surface area contributed by atoms with Crippen molar-refractivity contribution in [1.82, 2.24) is 4.57 Å². The number of fused-ring (bicyclic) bond motifs is 1. The van der Waals surface area contributed by atoms with Gasteiger partial charge in [-0.05, 0) is 36.8 Å². The number of benzene rings is 2. The summed E-state index contributed by atoms with van der Waals surface area (Å²) in [6, 6.07) is 10.3. The SMILES string of the molecule is C=CCOc1ccc(C2C(C(=O)OCCOC)=C(C)N=c3sc(=Cc4ccccc4[N+](=O)[O-])c(=O)n32)cc1OC. The fourth-order valence-corrected chi connectivity index (χ4v) is 5.27. The maximum absolute atomic E-state index is 13.8. The largest absolute Gasteiger partial charge is 0.493 e. The lowest BCUT2D eigenvalue weighted by Gasteiger charge is -2.25. The van der Waals surface area contributed by atoms with Crippen LogP contribution in [0.5, 0.6) is 11.5 Å². The molecule has 3 aromatic rings. The molecule has 4 rings (SSSR count). The van der Waals surface area contributed by atoms with E-state index in [9.17, 15) is 19.7 Å². The smallest absolute Gasteiger partial charge is 0.338 e. The van der Waals surface area contributed by atoms with Crippen LogP contribution in [0.1, 0.15) is 24.1 Å². The van der Waals surface area contributed by atoms with Gasteiger partial charge in [0, 0.05) is 13.2 Å². The highest BCUT2D eigenvalue weighted by Gasteiger charge is 2.34. The Hall–Kier alpha value is -4.55. The number of methoxy groups -OCH3 is 2. The van der Waals surface area contributed by atoms with E-state index < -0.39 is 22.5 Å². The lowest BCUT2D eigenvalue weighted by Crippen LogP contribution is -2.40. The molecular formula is C28H27N3O8S. The molecule has 1 unspecified atom stereocenters. The molecule has 0 saturated carbocycles. The van der Waals surface area contributed by atoms with Crippen LogP contribution in [0.2, 0.25) is 0 Å². The summed E-state index contributed by atoms with van der Waals surface area (Å²) in [5.41, 5.74) is 0.763. The van der Waals surface area contributed by atoms with Gasteiger partial charge >= 0.3 is 5.97 Å². The van der Waals surface area contributed by atoms with E-state index in [1.807, 2.05) is 0 Å². The number of para-hydroxylation sites is 1. The number of ether oxygens (including phenoxy) is 4. The van der Waals surface area contributed by atoms with Crippen LogP contribution >= 0.6 is 11.3 Å². The van der Waals surface area contributed by atoms with Gasteiger partial charge in [-0.15, -0.1) is 0 Å². The van der Waals surface area contributed by atoms with E-state index in [4.69, 9.17) is 18.9 Å². The third-order valence-electron chi connectivity index (χ3n) is 6.04. The molecular weight excluding hydrogens is 538 g/mol. The summed E-state index contributed by atoms with van der Waals surface area (Å²) < 4.78 is 23.2. The molecule has 2 aromatic carbocycles. The third kappa shape index (κ3) is 5.72. The minimum absolute atomic E-state index is 0.0125. The first-order valence-electron chi connectivity index (χ1n) is 12.1. The summed E-state index contributed by atoms with van der Waals surface area (Å²) >= 11 is 1.07. The van der Waals surface area contributed by atoms with Crippen LogP contribution in [0.3, 0.4) is 0 Å². The maximum atomic E-state index is 13.8. The molecule has 12 heteroatoms. The quantitative estimate of drug-likeness (QED) is 0.114. The molecule has 11 nitrogen and oxygen atoms in total. The number of nitrogens with zero attached hydrogens (tertiary/aromatic N) is 3. The number of rotatable bonds is 11. The summed E-state index contributed by atoms with van der Waals surface area (Å²) in [4.78, 5) is 43.1. The minimum atomic E-state index is -0.915. The monoisotopic (exact) mass is 565 g/mol. The predicted molar refractivity (Wildman–Crippen MR) is 148 cm³/mol. The average molecular weight is 566 g/mol. The van der Waals surface area contributed by atoms with Gasteiger partial charge in [-0.2, -0.15) is 0 Å². The molecule has 0 aliphatic carbocycles. The Labute approximate surface area is 233 Å². The number of carbonyl (C=O) groups is 1. The van der Waals surface area contributed by atoms with E-state index >= 15 is 0 Å². The Kier molecular flexibility index (Phi) is 8.92. The standard InChI is InChI=1S/C28H27N3O8S/c1-5-12-38-21-11-10-19(15-22(21)37-4)25-24(27(33)39-14-13-36-3)17(2)29-28-30(25)26(32)23(40-28)16-18-8-6-7-9-20(18)31(34)35/h5-11,15-16,25H,1,12-14H2,2-4H3. The van der Waals surface area contributed by atoms with Crippen LogP contribution in [-0.2, 0) is 14.3 Å². The first-order chi connectivity index (χ1) is 19.3. The van der Waals surface area contributed by atoms with E-state index in [1.165, 1.54) is 30.9 Å². The molecule has 1 aromatic heterocycles. The molecule has 2 heterocycles. The number of nitro groups is 1. The molecule has 1 atom stereocenters. The Morgan fingerprint density at radius 2 is 1.98 bits per heavy atom. The summed E-state index contributed by atoms with van der Waals surface area (Å²) in [6.45, 7) is 5.78. The van der Waals surface area contributed by atoms with Gasteiger partial charge in [-0.1, -0.05) is 42.2 Å². The highest BCUT2D eigenvalue weighted by atomic mass is 32.1. The van der Waals surface area contributed by atoms with E-state index in [2.05, 4.69) is 11.6 Å². The lowest BCUT2D eigenvalue weighted by molar-refractivity contribution is -0.385. The first kappa shape index (κ1) is 28.5. The van der Waals surface area contributed by atoms with Crippen molar-refractivity contribution in [2.45, 2.75) is 13.0 Å². The summed E-state index contributed by atoms with van der Waals surface area (Å²) in [6.07, 6.45) is 3.06. The van der Waals surface area contributed by atoms with Crippen molar-refractivity contribution in [3.63, 3.8) is 0 Å². The van der Waals surface area contributed by atoms with Crippen molar-refractivity contribution in [3.05, 3.63) is 107 Å². The summed E-state index contributed by atoms with van der Waals surface area (Å²) in [7, 11) is 2.98. The average Bonchev–Trinajstić information content (AvgIpc) is 3.25. The van der Waals surface area contributed by atoms with Crippen LogP contribution in [0.25, 0.3) is 6.08 Å². The molecule has 0 spiro atoms. The number of carbonyl (C=O) groups excluding carboxylic acids is 1. The van der Waals surface area contributed by atoms with Gasteiger partial charge in [0.2, 0.25) is 0 Å². The fraction of sp³-hybridized carbons (Fsp3) is 0.250. The minimum Gasteiger partial charge on any atom is -0.493 e. The van der Waals surface area contributed by atoms with Crippen LogP contribution < -0.4 is 24.4 Å². The van der Waals surface area contributed by atoms with Gasteiger partial charge in [0.1, 0.15) is 13.2 Å². The molecule has 0 saturated heterocycles. The Bertz CT molecular complexity index is 1670. The number of nitro benzene ring substituents is 1. The molecule has 40 heavy (non-hydrogen) atoms. The molecule has 0 N–H and O–H groups in total. The van der Waals surface area contributed by atoms with E-state index in [1.54, 1.807) is 49.4 Å². The zero-order chi connectivity index (χ0) is 28.8. The predicted octanol–water partition coefficient (Wildman–Crippen LogP) is 2.91. The van der Waals surface area contributed by atoms with Crippen LogP contribution in [-0.4, -0.2) is 49.5 Å². The molecule has 1 aliphatic heterocycles. The van der Waals surface area contributed by atoms with E-state index in [-0.39, 0.29) is 41.2 Å². The van der Waals surface area contributed by atoms with Crippen molar-refractivity contribution >= 4 is 29.1 Å². The second kappa shape index (κ2) is 12.5. The number of hydrogen-bond acceptors (Lipinski definition) is 10. The van der Waals surface area contributed by atoms with Gasteiger partial charge in [-0.3, -0.25) is 19.5 Å². The number of aromatic nitrogens is 1. The summed E-state index contributed by atoms with van der Waals surface area (Å²) in [5, 5.41) is 11.5. The molecule has 0 radical (unpaired) electrons. The van der Waals surface area contributed by atoms with Crippen LogP contribution in [0.15, 0.2) is 76.2 Å². The van der Waals surface area contributed by atoms with Gasteiger partial charge in [-0.25, -0.2) is 9.79 Å². The van der Waals surface area contributed by atoms with Gasteiger partial charge < -0.3 is 18.9 Å². The first-order valence-corrected chi connectivity index (χ1v) is 13.0. The highest BCUT2D eigenvalue weighted by Crippen LogP contribution is 2.36. The third-order valence-corrected chi connectivity index (χ3v) is 7.03. The molecule has 0 fully saturated rings. The Balaban J connectivity index is 1.93. The highest BCUT2D eigenvalue weighted by molar-refractivity contribution is 7.07. The zero-order valence-electron chi connectivity index (χ0n) is 22.1. The Morgan fingerprint density at radius 1 is 1.20 bits per heavy atom. The van der Waals surface area contributed by atoms with Gasteiger partial charge in [0.15, 0.2) is 16.3 Å². The number of thiazole rings is 1. The van der Waals surface area contributed by atoms with Crippen LogP contribution in [0.4, 0.5) is 5.69 Å². The number of hydrogen-bond donors (Lipinski definition) is 0. The summed E-state index contributed by atoms with van der Waals surface area (Å²) in [5.74, 6) is 0.199. The fourth-order valence-electron chi connectivity index (χ4n) is 4.23. The van der Waals surface area contributed by atoms with Gasteiger partial charge in [0.05, 0.1) is 46.0 Å². The van der Waals surface area contributed by atoms with Crippen LogP contribution in [0, 0.1) is 10.1 Å². The molecule has 208 valence electrons. The topological polar surface area (TPSA) is 131 Å². The van der Waals surface area contributed by atoms with E-state index in [0.29, 0.717) is 27.6 Å². The van der Waals surface area contributed by atoms with Crippen molar-refractivity contribution in [2.24, 2.45) is 4.99 Å². The molecule has 0 amide bonds. The van der Waals surface area contributed by atoms with Crippen molar-refractivity contribution in [1.29, 1.82) is 0 Å². The second-order valence-corrected chi connectivity index (χ2v) is 9.55. The normalized spacial score (nSPS) is 14.8. The zero-order valence-corrected chi connectivity index (χ0v) is 22.9. The van der Waals surface area contributed by atoms with E-state index in [0.717, 1.165) is 11.3 Å². The number of allylic oxidation sites excluding steroid dienone is 1. The van der Waals surface area contributed by atoms with Crippen molar-refractivity contribution in [2.75, 3.05) is 34.0 Å². The second-order valence-electron chi connectivity index (χ2n) is 8.54.